The van der Waals surface area contributed by atoms with Gasteiger partial charge >= 0.3 is 0 Å². The van der Waals surface area contributed by atoms with Gasteiger partial charge in [0, 0.05) is 23.9 Å². The van der Waals surface area contributed by atoms with E-state index in [9.17, 15) is 9.90 Å². The van der Waals surface area contributed by atoms with Crippen LogP contribution in [-0.4, -0.2) is 36.2 Å². The Morgan fingerprint density at radius 2 is 2.15 bits per heavy atom. The van der Waals surface area contributed by atoms with E-state index in [1.54, 1.807) is 0 Å². The van der Waals surface area contributed by atoms with Crippen molar-refractivity contribution in [1.82, 2.24) is 10.6 Å². The molecule has 2 unspecified atom stereocenters. The van der Waals surface area contributed by atoms with Crippen LogP contribution in [0.4, 0.5) is 0 Å². The third kappa shape index (κ3) is 4.34. The summed E-state index contributed by atoms with van der Waals surface area (Å²) in [5.41, 5.74) is -0.132. The molecule has 1 saturated carbocycles. The predicted molar refractivity (Wildman–Crippen MR) is 83.0 cm³/mol. The molecule has 118 valence electrons. The minimum Gasteiger partial charge on any atom is -0.392 e. The Morgan fingerprint density at radius 3 is 2.80 bits per heavy atom. The first-order valence-electron chi connectivity index (χ1n) is 7.70. The van der Waals surface area contributed by atoms with Crippen LogP contribution in [0.5, 0.6) is 0 Å². The van der Waals surface area contributed by atoms with Crippen LogP contribution in [0.1, 0.15) is 52.4 Å². The van der Waals surface area contributed by atoms with E-state index in [0.717, 1.165) is 45.1 Å². The minimum absolute atomic E-state index is 0. The molecule has 20 heavy (non-hydrogen) atoms. The molecule has 1 aliphatic heterocycles. The molecule has 0 aromatic rings. The highest BCUT2D eigenvalue weighted by Crippen LogP contribution is 2.35. The molecular weight excluding hydrogens is 276 g/mol. The highest BCUT2D eigenvalue weighted by molar-refractivity contribution is 5.85. The minimum atomic E-state index is -0.270. The molecular formula is C15H29ClN2O2. The summed E-state index contributed by atoms with van der Waals surface area (Å²) >= 11 is 0. The van der Waals surface area contributed by atoms with Crippen molar-refractivity contribution < 1.29 is 9.90 Å². The van der Waals surface area contributed by atoms with Crippen molar-refractivity contribution in [3.05, 3.63) is 0 Å². The summed E-state index contributed by atoms with van der Waals surface area (Å²) in [5.74, 6) is 0.313. The van der Waals surface area contributed by atoms with E-state index in [4.69, 9.17) is 0 Å². The standard InChI is InChI=1S/C15H28N2O2.ClH/c1-11-9-12(6-8-16-11)14(19)17-10-15(2)7-4-3-5-13(15)18;/h11-13,16,18H,3-10H2,1-2H3,(H,17,19);1H/t11-,12-,13?,15?;/m0./s1. The number of piperidine rings is 1. The van der Waals surface area contributed by atoms with Crippen molar-refractivity contribution in [2.24, 2.45) is 11.3 Å². The van der Waals surface area contributed by atoms with Gasteiger partial charge in [0.05, 0.1) is 6.10 Å². The number of amides is 1. The lowest BCUT2D eigenvalue weighted by Gasteiger charge is -2.39. The lowest BCUT2D eigenvalue weighted by Crippen LogP contribution is -2.48. The zero-order valence-corrected chi connectivity index (χ0v) is 13.5. The second-order valence-corrected chi connectivity index (χ2v) is 6.71. The maximum Gasteiger partial charge on any atom is 0.223 e. The quantitative estimate of drug-likeness (QED) is 0.746. The molecule has 1 saturated heterocycles. The number of nitrogens with one attached hydrogen (secondary N) is 2. The number of hydrogen-bond acceptors (Lipinski definition) is 3. The molecule has 4 nitrogen and oxygen atoms in total. The first kappa shape index (κ1) is 17.7. The van der Waals surface area contributed by atoms with E-state index in [-0.39, 0.29) is 35.8 Å². The maximum atomic E-state index is 12.2. The average Bonchev–Trinajstić information content (AvgIpc) is 2.40. The monoisotopic (exact) mass is 304 g/mol. The first-order chi connectivity index (χ1) is 9.01. The molecule has 0 aromatic carbocycles. The summed E-state index contributed by atoms with van der Waals surface area (Å²) in [7, 11) is 0. The van der Waals surface area contributed by atoms with Gasteiger partial charge in [-0.25, -0.2) is 0 Å². The number of aliphatic hydroxyl groups is 1. The highest BCUT2D eigenvalue weighted by atomic mass is 35.5. The number of halogens is 1. The van der Waals surface area contributed by atoms with E-state index < -0.39 is 0 Å². The molecule has 0 aromatic heterocycles. The van der Waals surface area contributed by atoms with E-state index in [0.29, 0.717) is 12.6 Å². The number of aliphatic hydroxyl groups excluding tert-OH is 1. The lowest BCUT2D eigenvalue weighted by atomic mass is 9.73. The van der Waals surface area contributed by atoms with E-state index in [1.807, 2.05) is 0 Å². The normalized spacial score (nSPS) is 37.9. The smallest absolute Gasteiger partial charge is 0.223 e. The van der Waals surface area contributed by atoms with Gasteiger partial charge in [0.25, 0.3) is 0 Å². The zero-order valence-electron chi connectivity index (χ0n) is 12.7. The highest BCUT2D eigenvalue weighted by Gasteiger charge is 2.36. The number of rotatable bonds is 3. The Labute approximate surface area is 128 Å². The van der Waals surface area contributed by atoms with Crippen LogP contribution in [-0.2, 0) is 4.79 Å². The third-order valence-electron chi connectivity index (χ3n) is 4.94. The molecule has 4 atom stereocenters. The van der Waals surface area contributed by atoms with Crippen molar-refractivity contribution in [2.75, 3.05) is 13.1 Å². The predicted octanol–water partition coefficient (Wildman–Crippen LogP) is 1.85. The molecule has 1 amide bonds. The van der Waals surface area contributed by atoms with Gasteiger partial charge < -0.3 is 15.7 Å². The van der Waals surface area contributed by atoms with Crippen molar-refractivity contribution in [3.8, 4) is 0 Å². The summed E-state index contributed by atoms with van der Waals surface area (Å²) < 4.78 is 0. The SMILES string of the molecule is C[C@H]1C[C@@H](C(=O)NCC2(C)CCCCC2O)CCN1.Cl. The summed E-state index contributed by atoms with van der Waals surface area (Å²) in [6.07, 6.45) is 5.73. The number of carbonyl (C=O) groups excluding carboxylic acids is 1. The molecule has 0 bridgehead atoms. The summed E-state index contributed by atoms with van der Waals surface area (Å²) in [4.78, 5) is 12.2. The fourth-order valence-corrected chi connectivity index (χ4v) is 3.39. The molecule has 1 heterocycles. The van der Waals surface area contributed by atoms with Crippen LogP contribution >= 0.6 is 12.4 Å². The molecule has 2 fully saturated rings. The Kier molecular flexibility index (Phi) is 6.76. The second-order valence-electron chi connectivity index (χ2n) is 6.71. The Hall–Kier alpha value is -0.320. The van der Waals surface area contributed by atoms with Gasteiger partial charge in [-0.3, -0.25) is 4.79 Å². The molecule has 1 aliphatic carbocycles. The van der Waals surface area contributed by atoms with Crippen molar-refractivity contribution in [2.45, 2.75) is 64.5 Å². The summed E-state index contributed by atoms with van der Waals surface area (Å²) in [6, 6.07) is 0.431. The Morgan fingerprint density at radius 1 is 1.40 bits per heavy atom. The largest absolute Gasteiger partial charge is 0.392 e. The van der Waals surface area contributed by atoms with Crippen LogP contribution in [0.2, 0.25) is 0 Å². The van der Waals surface area contributed by atoms with Crippen LogP contribution in [0.25, 0.3) is 0 Å². The van der Waals surface area contributed by atoms with Gasteiger partial charge in [0.1, 0.15) is 0 Å². The van der Waals surface area contributed by atoms with Gasteiger partial charge in [-0.1, -0.05) is 19.8 Å². The van der Waals surface area contributed by atoms with E-state index in [1.165, 1.54) is 0 Å². The fourth-order valence-electron chi connectivity index (χ4n) is 3.39. The third-order valence-corrected chi connectivity index (χ3v) is 4.94. The number of hydrogen-bond donors (Lipinski definition) is 3. The molecule has 5 heteroatoms. The zero-order chi connectivity index (χ0) is 13.9. The fraction of sp³-hybridized carbons (Fsp3) is 0.933. The molecule has 0 spiro atoms. The van der Waals surface area contributed by atoms with Crippen molar-refractivity contribution in [3.63, 3.8) is 0 Å². The van der Waals surface area contributed by atoms with Gasteiger partial charge in [0.15, 0.2) is 0 Å². The molecule has 0 radical (unpaired) electrons. The Balaban J connectivity index is 0.00000200. The van der Waals surface area contributed by atoms with Gasteiger partial charge in [0.2, 0.25) is 5.91 Å². The topological polar surface area (TPSA) is 61.4 Å². The van der Waals surface area contributed by atoms with Gasteiger partial charge in [-0.15, -0.1) is 12.4 Å². The average molecular weight is 305 g/mol. The van der Waals surface area contributed by atoms with Gasteiger partial charge in [-0.2, -0.15) is 0 Å². The molecule has 2 aliphatic rings. The first-order valence-corrected chi connectivity index (χ1v) is 7.70. The van der Waals surface area contributed by atoms with Crippen LogP contribution in [0.15, 0.2) is 0 Å². The van der Waals surface area contributed by atoms with Gasteiger partial charge in [-0.05, 0) is 39.2 Å². The second kappa shape index (κ2) is 7.62. The van der Waals surface area contributed by atoms with Crippen LogP contribution in [0.3, 0.4) is 0 Å². The van der Waals surface area contributed by atoms with Crippen molar-refractivity contribution >= 4 is 18.3 Å². The lowest BCUT2D eigenvalue weighted by molar-refractivity contribution is -0.127. The molecule has 2 rings (SSSR count). The van der Waals surface area contributed by atoms with E-state index in [2.05, 4.69) is 24.5 Å². The van der Waals surface area contributed by atoms with Crippen LogP contribution < -0.4 is 10.6 Å². The summed E-state index contributed by atoms with van der Waals surface area (Å²) in [6.45, 7) is 5.78. The van der Waals surface area contributed by atoms with Crippen molar-refractivity contribution in [1.29, 1.82) is 0 Å². The number of carbonyl (C=O) groups is 1. The maximum absolute atomic E-state index is 12.2. The summed E-state index contributed by atoms with van der Waals surface area (Å²) in [5, 5.41) is 16.6. The molecule has 3 N–H and O–H groups in total. The van der Waals surface area contributed by atoms with E-state index >= 15 is 0 Å². The van der Waals surface area contributed by atoms with Crippen LogP contribution in [0, 0.1) is 11.3 Å². The Bertz CT molecular complexity index is 327.